The van der Waals surface area contributed by atoms with Gasteiger partial charge in [0.25, 0.3) is 0 Å². The molecular weight excluding hydrogens is 214 g/mol. The van der Waals surface area contributed by atoms with Gasteiger partial charge in [0.05, 0.1) is 18.0 Å². The fraction of sp³-hybridized carbons (Fsp3) is 0.538. The summed E-state index contributed by atoms with van der Waals surface area (Å²) in [6.45, 7) is 6.83. The summed E-state index contributed by atoms with van der Waals surface area (Å²) in [4.78, 5) is 4.66. The summed E-state index contributed by atoms with van der Waals surface area (Å²) >= 11 is 0. The summed E-state index contributed by atoms with van der Waals surface area (Å²) in [6, 6.07) is 6.01. The van der Waals surface area contributed by atoms with E-state index in [-0.39, 0.29) is 0 Å². The summed E-state index contributed by atoms with van der Waals surface area (Å²) in [6.07, 6.45) is 0. The summed E-state index contributed by atoms with van der Waals surface area (Å²) in [7, 11) is 2.15. The third-order valence-electron chi connectivity index (χ3n) is 3.19. The van der Waals surface area contributed by atoms with Crippen molar-refractivity contribution in [2.45, 2.75) is 6.92 Å². The van der Waals surface area contributed by atoms with Crippen LogP contribution in [-0.4, -0.2) is 44.7 Å². The van der Waals surface area contributed by atoms with Crippen LogP contribution < -0.4 is 15.4 Å². The summed E-state index contributed by atoms with van der Waals surface area (Å²) in [5.74, 6) is 0.795. The first-order chi connectivity index (χ1) is 8.22. The molecule has 2 rings (SSSR count). The molecule has 1 aliphatic rings. The topological polar surface area (TPSA) is 41.7 Å². The number of ether oxygens (including phenoxy) is 1. The van der Waals surface area contributed by atoms with Crippen LogP contribution in [0.5, 0.6) is 5.75 Å². The molecular formula is C13H21N3O. The fourth-order valence-electron chi connectivity index (χ4n) is 2.14. The van der Waals surface area contributed by atoms with Crippen LogP contribution in [0.25, 0.3) is 0 Å². The molecule has 1 heterocycles. The number of benzene rings is 1. The maximum absolute atomic E-state index is 6.15. The zero-order chi connectivity index (χ0) is 12.3. The highest BCUT2D eigenvalue weighted by molar-refractivity contribution is 5.74. The Labute approximate surface area is 103 Å². The average Bonchev–Trinajstić information content (AvgIpc) is 2.34. The predicted octanol–water partition coefficient (Wildman–Crippen LogP) is 1.42. The van der Waals surface area contributed by atoms with Crippen LogP contribution in [0.15, 0.2) is 18.2 Å². The van der Waals surface area contributed by atoms with Crippen LogP contribution in [0.4, 0.5) is 11.4 Å². The van der Waals surface area contributed by atoms with Crippen molar-refractivity contribution in [3.63, 3.8) is 0 Å². The van der Waals surface area contributed by atoms with Gasteiger partial charge >= 0.3 is 0 Å². The first-order valence-corrected chi connectivity index (χ1v) is 6.17. The molecule has 1 saturated heterocycles. The Kier molecular flexibility index (Phi) is 3.74. The summed E-state index contributed by atoms with van der Waals surface area (Å²) < 4.78 is 5.53. The normalized spacial score (nSPS) is 17.2. The predicted molar refractivity (Wildman–Crippen MR) is 71.7 cm³/mol. The summed E-state index contributed by atoms with van der Waals surface area (Å²) in [5, 5.41) is 0. The van der Waals surface area contributed by atoms with E-state index < -0.39 is 0 Å². The van der Waals surface area contributed by atoms with E-state index in [2.05, 4.69) is 22.9 Å². The minimum atomic E-state index is 0.649. The van der Waals surface area contributed by atoms with E-state index in [0.29, 0.717) is 6.61 Å². The minimum absolute atomic E-state index is 0.649. The van der Waals surface area contributed by atoms with E-state index in [1.165, 1.54) is 0 Å². The zero-order valence-corrected chi connectivity index (χ0v) is 10.6. The molecule has 2 N–H and O–H groups in total. The zero-order valence-electron chi connectivity index (χ0n) is 10.6. The second-order valence-electron chi connectivity index (χ2n) is 4.41. The Morgan fingerprint density at radius 2 is 1.94 bits per heavy atom. The Bertz CT molecular complexity index is 373. The number of nitrogen functional groups attached to an aromatic ring is 1. The summed E-state index contributed by atoms with van der Waals surface area (Å²) in [5.41, 5.74) is 8.02. The van der Waals surface area contributed by atoms with Gasteiger partial charge in [-0.05, 0) is 26.1 Å². The molecule has 1 aromatic rings. The molecule has 0 radical (unpaired) electrons. The first-order valence-electron chi connectivity index (χ1n) is 6.17. The van der Waals surface area contributed by atoms with Gasteiger partial charge in [0.2, 0.25) is 0 Å². The molecule has 1 aliphatic heterocycles. The van der Waals surface area contributed by atoms with Crippen LogP contribution in [0.1, 0.15) is 6.92 Å². The van der Waals surface area contributed by atoms with E-state index in [1.54, 1.807) is 0 Å². The third-order valence-corrected chi connectivity index (χ3v) is 3.19. The van der Waals surface area contributed by atoms with Gasteiger partial charge in [-0.1, -0.05) is 6.07 Å². The molecule has 4 heteroatoms. The molecule has 1 fully saturated rings. The van der Waals surface area contributed by atoms with Crippen molar-refractivity contribution in [3.8, 4) is 5.75 Å². The number of anilines is 2. The largest absolute Gasteiger partial charge is 0.492 e. The van der Waals surface area contributed by atoms with Gasteiger partial charge in [-0.3, -0.25) is 0 Å². The van der Waals surface area contributed by atoms with Gasteiger partial charge in [0.1, 0.15) is 5.75 Å². The monoisotopic (exact) mass is 235 g/mol. The number of nitrogens with two attached hydrogens (primary N) is 1. The van der Waals surface area contributed by atoms with Crippen molar-refractivity contribution < 1.29 is 4.74 Å². The maximum Gasteiger partial charge on any atom is 0.144 e. The molecule has 94 valence electrons. The van der Waals surface area contributed by atoms with Crippen LogP contribution in [0.3, 0.4) is 0 Å². The van der Waals surface area contributed by atoms with E-state index >= 15 is 0 Å². The van der Waals surface area contributed by atoms with Gasteiger partial charge in [-0.15, -0.1) is 0 Å². The first kappa shape index (κ1) is 12.0. The number of nitrogens with zero attached hydrogens (tertiary/aromatic N) is 2. The van der Waals surface area contributed by atoms with Gasteiger partial charge in [-0.2, -0.15) is 0 Å². The van der Waals surface area contributed by atoms with E-state index in [9.17, 15) is 0 Å². The molecule has 0 atom stereocenters. The number of piperazine rings is 1. The Hall–Kier alpha value is -1.42. The standard InChI is InChI=1S/C13H21N3O/c1-3-17-12-6-4-5-11(13(12)14)16-9-7-15(2)8-10-16/h4-6H,3,7-10,14H2,1-2H3. The molecule has 0 bridgehead atoms. The lowest BCUT2D eigenvalue weighted by Gasteiger charge is -2.34. The van der Waals surface area contributed by atoms with Crippen molar-refractivity contribution in [1.82, 2.24) is 4.90 Å². The number of hydrogen-bond acceptors (Lipinski definition) is 4. The van der Waals surface area contributed by atoms with Gasteiger partial charge in [0, 0.05) is 26.2 Å². The minimum Gasteiger partial charge on any atom is -0.492 e. The molecule has 4 nitrogen and oxygen atoms in total. The van der Waals surface area contributed by atoms with Crippen molar-refractivity contribution >= 4 is 11.4 Å². The van der Waals surface area contributed by atoms with E-state index in [0.717, 1.165) is 43.3 Å². The van der Waals surface area contributed by atoms with Crippen LogP contribution in [0.2, 0.25) is 0 Å². The van der Waals surface area contributed by atoms with Crippen molar-refractivity contribution in [1.29, 1.82) is 0 Å². The number of para-hydroxylation sites is 1. The van der Waals surface area contributed by atoms with Gasteiger partial charge in [0.15, 0.2) is 0 Å². The second-order valence-corrected chi connectivity index (χ2v) is 4.41. The fourth-order valence-corrected chi connectivity index (χ4v) is 2.14. The molecule has 0 unspecified atom stereocenters. The smallest absolute Gasteiger partial charge is 0.144 e. The highest BCUT2D eigenvalue weighted by atomic mass is 16.5. The lowest BCUT2D eigenvalue weighted by molar-refractivity contribution is 0.312. The van der Waals surface area contributed by atoms with Crippen LogP contribution >= 0.6 is 0 Å². The molecule has 0 spiro atoms. The number of likely N-dealkylation sites (N-methyl/N-ethyl adjacent to an activating group) is 1. The number of rotatable bonds is 3. The van der Waals surface area contributed by atoms with Crippen molar-refractivity contribution in [2.24, 2.45) is 0 Å². The quantitative estimate of drug-likeness (QED) is 0.805. The molecule has 1 aromatic carbocycles. The molecule has 0 aliphatic carbocycles. The molecule has 17 heavy (non-hydrogen) atoms. The van der Waals surface area contributed by atoms with Gasteiger partial charge < -0.3 is 20.3 Å². The lowest BCUT2D eigenvalue weighted by Crippen LogP contribution is -2.44. The Morgan fingerprint density at radius 3 is 2.59 bits per heavy atom. The highest BCUT2D eigenvalue weighted by Gasteiger charge is 2.17. The Morgan fingerprint density at radius 1 is 1.24 bits per heavy atom. The van der Waals surface area contributed by atoms with Crippen LogP contribution in [0, 0.1) is 0 Å². The molecule has 0 aromatic heterocycles. The van der Waals surface area contributed by atoms with Crippen LogP contribution in [-0.2, 0) is 0 Å². The Balaban J connectivity index is 2.17. The van der Waals surface area contributed by atoms with Crippen molar-refractivity contribution in [3.05, 3.63) is 18.2 Å². The molecule has 0 saturated carbocycles. The third kappa shape index (κ3) is 2.64. The highest BCUT2D eigenvalue weighted by Crippen LogP contribution is 2.32. The van der Waals surface area contributed by atoms with E-state index in [1.807, 2.05) is 19.1 Å². The van der Waals surface area contributed by atoms with Crippen molar-refractivity contribution in [2.75, 3.05) is 50.5 Å². The number of hydrogen-bond donors (Lipinski definition) is 1. The second kappa shape index (κ2) is 5.27. The van der Waals surface area contributed by atoms with E-state index in [4.69, 9.17) is 10.5 Å². The lowest BCUT2D eigenvalue weighted by atomic mass is 10.2. The molecule has 0 amide bonds. The SMILES string of the molecule is CCOc1cccc(N2CCN(C)CC2)c1N. The average molecular weight is 235 g/mol. The van der Waals surface area contributed by atoms with Gasteiger partial charge in [-0.25, -0.2) is 0 Å². The maximum atomic E-state index is 6.15.